The van der Waals surface area contributed by atoms with Crippen LogP contribution >= 0.6 is 0 Å². The number of benzene rings is 4. The van der Waals surface area contributed by atoms with Crippen molar-refractivity contribution in [1.29, 1.82) is 0 Å². The highest BCUT2D eigenvalue weighted by atomic mass is 14.9. The predicted molar refractivity (Wildman–Crippen MR) is 102 cm³/mol. The highest BCUT2D eigenvalue weighted by molar-refractivity contribution is 6.16. The minimum atomic E-state index is 1.17. The predicted octanol–water partition coefficient (Wildman–Crippen LogP) is 6.20. The zero-order valence-electron chi connectivity index (χ0n) is 12.9. The summed E-state index contributed by atoms with van der Waals surface area (Å²) < 4.78 is 0. The topological polar surface area (TPSA) is 27.8 Å². The molecule has 1 aliphatic rings. The van der Waals surface area contributed by atoms with Crippen LogP contribution in [0.3, 0.4) is 0 Å². The lowest BCUT2D eigenvalue weighted by Crippen LogP contribution is -2.00. The van der Waals surface area contributed by atoms with E-state index in [1.54, 1.807) is 0 Å². The molecule has 24 heavy (non-hydrogen) atoms. The van der Waals surface area contributed by atoms with Crippen molar-refractivity contribution < 1.29 is 0 Å². The lowest BCUT2D eigenvalue weighted by molar-refractivity contribution is 1.51. The molecule has 0 amide bonds. The average Bonchev–Trinajstić information content (AvgIpc) is 2.98. The van der Waals surface area contributed by atoms with E-state index in [0.29, 0.717) is 0 Å². The number of aromatic amines is 1. The largest absolute Gasteiger partial charge is 0.354 e. The third-order valence-corrected chi connectivity index (χ3v) is 5.11. The molecule has 5 aromatic rings. The van der Waals surface area contributed by atoms with Gasteiger partial charge in [-0.1, -0.05) is 48.5 Å². The van der Waals surface area contributed by atoms with E-state index < -0.39 is 0 Å². The number of rotatable bonds is 0. The molecule has 0 aliphatic carbocycles. The van der Waals surface area contributed by atoms with E-state index in [-0.39, 0.29) is 0 Å². The van der Waals surface area contributed by atoms with E-state index in [0.717, 1.165) is 0 Å². The Morgan fingerprint density at radius 3 is 2.42 bits per heavy atom. The molecule has 6 rings (SSSR count). The highest BCUT2D eigenvalue weighted by Crippen LogP contribution is 2.45. The van der Waals surface area contributed by atoms with Gasteiger partial charge in [-0.2, -0.15) is 0 Å². The minimum Gasteiger partial charge on any atom is -0.354 e. The first kappa shape index (κ1) is 12.2. The van der Waals surface area contributed by atoms with Crippen LogP contribution in [0.4, 0.5) is 11.4 Å². The summed E-state index contributed by atoms with van der Waals surface area (Å²) in [5.74, 6) is 0. The third-order valence-electron chi connectivity index (χ3n) is 5.11. The summed E-state index contributed by atoms with van der Waals surface area (Å²) in [5.41, 5.74) is 7.30. The van der Waals surface area contributed by atoms with E-state index in [1.807, 2.05) is 0 Å². The van der Waals surface area contributed by atoms with Gasteiger partial charge < -0.3 is 10.3 Å². The maximum absolute atomic E-state index is 3.62. The molecule has 1 aliphatic heterocycles. The number of anilines is 2. The van der Waals surface area contributed by atoms with Crippen molar-refractivity contribution >= 4 is 44.0 Å². The first-order valence-corrected chi connectivity index (χ1v) is 8.22. The van der Waals surface area contributed by atoms with Crippen molar-refractivity contribution in [2.45, 2.75) is 0 Å². The molecule has 0 radical (unpaired) electrons. The number of hydrogen-bond donors (Lipinski definition) is 2. The first-order valence-electron chi connectivity index (χ1n) is 8.22. The quantitative estimate of drug-likeness (QED) is 0.343. The molecule has 4 aromatic carbocycles. The summed E-state index contributed by atoms with van der Waals surface area (Å²) in [4.78, 5) is 3.54. The van der Waals surface area contributed by atoms with E-state index >= 15 is 0 Å². The second-order valence-corrected chi connectivity index (χ2v) is 6.45. The Morgan fingerprint density at radius 2 is 1.46 bits per heavy atom. The van der Waals surface area contributed by atoms with Crippen molar-refractivity contribution in [2.75, 3.05) is 5.32 Å². The maximum atomic E-state index is 3.62. The third kappa shape index (κ3) is 1.45. The van der Waals surface area contributed by atoms with Crippen LogP contribution in [-0.4, -0.2) is 4.98 Å². The number of hydrogen-bond acceptors (Lipinski definition) is 1. The maximum Gasteiger partial charge on any atom is 0.0486 e. The summed E-state index contributed by atoms with van der Waals surface area (Å²) in [6.07, 6.45) is 0. The van der Waals surface area contributed by atoms with Crippen molar-refractivity contribution in [1.82, 2.24) is 4.98 Å². The Morgan fingerprint density at radius 1 is 0.583 bits per heavy atom. The molecule has 2 nitrogen and oxygen atoms in total. The van der Waals surface area contributed by atoms with Gasteiger partial charge in [-0.25, -0.2) is 0 Å². The Hall–Kier alpha value is -3.26. The second-order valence-electron chi connectivity index (χ2n) is 6.45. The van der Waals surface area contributed by atoms with Gasteiger partial charge in [0.25, 0.3) is 0 Å². The molecule has 2 heterocycles. The van der Waals surface area contributed by atoms with Gasteiger partial charge in [0, 0.05) is 44.1 Å². The van der Waals surface area contributed by atoms with Crippen LogP contribution in [0.5, 0.6) is 0 Å². The molecule has 0 bridgehead atoms. The summed E-state index contributed by atoms with van der Waals surface area (Å²) in [6.45, 7) is 0. The van der Waals surface area contributed by atoms with Gasteiger partial charge in [0.1, 0.15) is 0 Å². The van der Waals surface area contributed by atoms with Crippen LogP contribution in [0.1, 0.15) is 0 Å². The number of fused-ring (bicyclic) bond motifs is 5. The zero-order chi connectivity index (χ0) is 15.7. The first-order chi connectivity index (χ1) is 11.9. The fourth-order valence-electron chi connectivity index (χ4n) is 4.04. The van der Waals surface area contributed by atoms with E-state index in [9.17, 15) is 0 Å². The van der Waals surface area contributed by atoms with Crippen LogP contribution in [0.15, 0.2) is 72.8 Å². The molecule has 112 valence electrons. The van der Waals surface area contributed by atoms with Crippen molar-refractivity contribution in [2.24, 2.45) is 0 Å². The van der Waals surface area contributed by atoms with Gasteiger partial charge in [0.2, 0.25) is 0 Å². The molecule has 0 atom stereocenters. The smallest absolute Gasteiger partial charge is 0.0486 e. The molecule has 1 aromatic heterocycles. The molecule has 2 heteroatoms. The summed E-state index contributed by atoms with van der Waals surface area (Å²) in [7, 11) is 0. The van der Waals surface area contributed by atoms with E-state index in [4.69, 9.17) is 0 Å². The van der Waals surface area contributed by atoms with Crippen LogP contribution in [-0.2, 0) is 0 Å². The molecule has 0 fully saturated rings. The average molecular weight is 306 g/mol. The monoisotopic (exact) mass is 306 g/mol. The SMILES string of the molecule is c1cc2c3c(cccc3c1)-c1cc3c(cc1N2)[nH]c1ccccc13. The van der Waals surface area contributed by atoms with E-state index in [2.05, 4.69) is 83.1 Å². The fraction of sp³-hybridized carbons (Fsp3) is 0. The molecule has 0 saturated heterocycles. The van der Waals surface area contributed by atoms with Gasteiger partial charge in [-0.3, -0.25) is 0 Å². The van der Waals surface area contributed by atoms with Gasteiger partial charge >= 0.3 is 0 Å². The van der Waals surface area contributed by atoms with Gasteiger partial charge in [0.05, 0.1) is 0 Å². The molecule has 0 unspecified atom stereocenters. The van der Waals surface area contributed by atoms with Crippen molar-refractivity contribution in [3.8, 4) is 11.1 Å². The van der Waals surface area contributed by atoms with Crippen LogP contribution in [0, 0.1) is 0 Å². The molecular weight excluding hydrogens is 292 g/mol. The highest BCUT2D eigenvalue weighted by Gasteiger charge is 2.19. The molecular formula is C22H14N2. The Labute approximate surface area is 138 Å². The Balaban J connectivity index is 1.78. The number of H-pyrrole nitrogens is 1. The van der Waals surface area contributed by atoms with Gasteiger partial charge in [-0.15, -0.1) is 0 Å². The normalized spacial score (nSPS) is 12.5. The van der Waals surface area contributed by atoms with Crippen LogP contribution < -0.4 is 5.32 Å². The number of aromatic nitrogens is 1. The summed E-state index contributed by atoms with van der Waals surface area (Å²) in [6, 6.07) is 26.1. The van der Waals surface area contributed by atoms with Crippen molar-refractivity contribution in [3.63, 3.8) is 0 Å². The number of nitrogens with one attached hydrogen (secondary N) is 2. The fourth-order valence-corrected chi connectivity index (χ4v) is 4.04. The standard InChI is InChI=1S/C22H14N2/c1-2-9-18-14(7-1)16-11-17-15-8-3-5-13-6-4-10-19(22(13)15)24-21(17)12-20(16)23-18/h1-12,23-24H. The lowest BCUT2D eigenvalue weighted by Gasteiger charge is -2.22. The van der Waals surface area contributed by atoms with Crippen molar-refractivity contribution in [3.05, 3.63) is 72.8 Å². The van der Waals surface area contributed by atoms with Crippen LogP contribution in [0.2, 0.25) is 0 Å². The molecule has 0 saturated carbocycles. The number of para-hydroxylation sites is 1. The Kier molecular flexibility index (Phi) is 2.12. The zero-order valence-corrected chi connectivity index (χ0v) is 12.9. The second kappa shape index (κ2) is 4.18. The lowest BCUT2D eigenvalue weighted by atomic mass is 9.91. The van der Waals surface area contributed by atoms with Gasteiger partial charge in [0.15, 0.2) is 0 Å². The van der Waals surface area contributed by atoms with Crippen LogP contribution in [0.25, 0.3) is 43.7 Å². The summed E-state index contributed by atoms with van der Waals surface area (Å²) in [5, 5.41) is 8.77. The summed E-state index contributed by atoms with van der Waals surface area (Å²) >= 11 is 0. The molecule has 2 N–H and O–H groups in total. The Bertz CT molecular complexity index is 1270. The minimum absolute atomic E-state index is 1.17. The van der Waals surface area contributed by atoms with E-state index in [1.165, 1.54) is 55.1 Å². The molecule has 0 spiro atoms. The van der Waals surface area contributed by atoms with Gasteiger partial charge in [-0.05, 0) is 35.2 Å².